The van der Waals surface area contributed by atoms with Gasteiger partial charge in [-0.25, -0.2) is 8.78 Å². The highest BCUT2D eigenvalue weighted by Gasteiger charge is 2.24. The van der Waals surface area contributed by atoms with Crippen molar-refractivity contribution in [3.8, 4) is 0 Å². The van der Waals surface area contributed by atoms with Crippen molar-refractivity contribution in [2.24, 2.45) is 0 Å². The molecule has 0 aliphatic rings. The molecule has 0 fully saturated rings. The molecule has 0 saturated carbocycles. The third-order valence-electron chi connectivity index (χ3n) is 2.69. The van der Waals surface area contributed by atoms with E-state index in [0.717, 1.165) is 16.2 Å². The SMILES string of the molecule is Nc1c(C(=O)N(CCO)CC(F)F)sc2cccnc12. The number of nitrogens with zero attached hydrogens (tertiary/aromatic N) is 2. The molecular weight excluding hydrogens is 288 g/mol. The molecule has 2 aromatic rings. The Balaban J connectivity index is 2.35. The molecular formula is C12H13F2N3O2S. The van der Waals surface area contributed by atoms with Crippen LogP contribution < -0.4 is 5.73 Å². The van der Waals surface area contributed by atoms with Gasteiger partial charge in [0.2, 0.25) is 0 Å². The Labute approximate surface area is 117 Å². The molecule has 2 heterocycles. The molecule has 0 atom stereocenters. The average molecular weight is 301 g/mol. The lowest BCUT2D eigenvalue weighted by atomic mass is 10.3. The molecule has 108 valence electrons. The van der Waals surface area contributed by atoms with Crippen LogP contribution in [0.4, 0.5) is 14.5 Å². The fourth-order valence-electron chi connectivity index (χ4n) is 1.81. The molecule has 2 rings (SSSR count). The number of hydrogen-bond donors (Lipinski definition) is 2. The van der Waals surface area contributed by atoms with Gasteiger partial charge in [-0.1, -0.05) is 0 Å². The van der Waals surface area contributed by atoms with Crippen LogP contribution in [0.15, 0.2) is 18.3 Å². The number of amides is 1. The van der Waals surface area contributed by atoms with Crippen molar-refractivity contribution in [2.75, 3.05) is 25.4 Å². The maximum atomic E-state index is 12.5. The summed E-state index contributed by atoms with van der Waals surface area (Å²) < 4.78 is 25.7. The number of nitrogen functional groups attached to an aromatic ring is 1. The summed E-state index contributed by atoms with van der Waals surface area (Å²) in [6.07, 6.45) is -1.12. The lowest BCUT2D eigenvalue weighted by molar-refractivity contribution is 0.0514. The second kappa shape index (κ2) is 6.10. The van der Waals surface area contributed by atoms with Gasteiger partial charge >= 0.3 is 0 Å². The van der Waals surface area contributed by atoms with Gasteiger partial charge in [-0.15, -0.1) is 11.3 Å². The Morgan fingerprint density at radius 2 is 2.30 bits per heavy atom. The van der Waals surface area contributed by atoms with Crippen molar-refractivity contribution in [1.82, 2.24) is 9.88 Å². The number of aromatic nitrogens is 1. The van der Waals surface area contributed by atoms with Crippen LogP contribution in [-0.2, 0) is 0 Å². The van der Waals surface area contributed by atoms with Crippen LogP contribution in [0.2, 0.25) is 0 Å². The number of rotatable bonds is 5. The Kier molecular flexibility index (Phi) is 4.46. The number of anilines is 1. The van der Waals surface area contributed by atoms with Crippen LogP contribution >= 0.6 is 11.3 Å². The molecule has 3 N–H and O–H groups in total. The second-order valence-corrected chi connectivity index (χ2v) is 5.11. The van der Waals surface area contributed by atoms with Gasteiger partial charge < -0.3 is 15.7 Å². The Bertz CT molecular complexity index is 618. The van der Waals surface area contributed by atoms with Crippen molar-refractivity contribution in [2.45, 2.75) is 6.43 Å². The van der Waals surface area contributed by atoms with E-state index in [4.69, 9.17) is 10.8 Å². The standard InChI is InChI=1S/C12H13F2N3O2S/c13-8(14)6-17(4-5-18)12(19)11-9(15)10-7(20-11)2-1-3-16-10/h1-3,8,18H,4-6,15H2. The van der Waals surface area contributed by atoms with Crippen LogP contribution in [0.1, 0.15) is 9.67 Å². The molecule has 0 aliphatic carbocycles. The predicted molar refractivity (Wildman–Crippen MR) is 73.0 cm³/mol. The van der Waals surface area contributed by atoms with Gasteiger partial charge in [-0.3, -0.25) is 9.78 Å². The van der Waals surface area contributed by atoms with E-state index < -0.39 is 18.9 Å². The average Bonchev–Trinajstić information content (AvgIpc) is 2.75. The van der Waals surface area contributed by atoms with Gasteiger partial charge in [-0.2, -0.15) is 0 Å². The van der Waals surface area contributed by atoms with E-state index in [1.54, 1.807) is 18.3 Å². The molecule has 0 aromatic carbocycles. The molecule has 5 nitrogen and oxygen atoms in total. The summed E-state index contributed by atoms with van der Waals surface area (Å²) in [6.45, 7) is -1.29. The molecule has 20 heavy (non-hydrogen) atoms. The smallest absolute Gasteiger partial charge is 0.266 e. The van der Waals surface area contributed by atoms with Crippen molar-refractivity contribution in [1.29, 1.82) is 0 Å². The van der Waals surface area contributed by atoms with Gasteiger partial charge in [0.15, 0.2) is 0 Å². The zero-order chi connectivity index (χ0) is 14.7. The normalized spacial score (nSPS) is 11.2. The Morgan fingerprint density at radius 1 is 1.55 bits per heavy atom. The van der Waals surface area contributed by atoms with E-state index in [1.807, 2.05) is 0 Å². The van der Waals surface area contributed by atoms with Crippen LogP contribution in [0.3, 0.4) is 0 Å². The number of aliphatic hydroxyl groups excluding tert-OH is 1. The van der Waals surface area contributed by atoms with Gasteiger partial charge in [-0.05, 0) is 12.1 Å². The molecule has 2 aromatic heterocycles. The molecule has 0 spiro atoms. The predicted octanol–water partition coefficient (Wildman–Crippen LogP) is 1.58. The fourth-order valence-corrected chi connectivity index (χ4v) is 2.86. The number of carbonyl (C=O) groups is 1. The minimum Gasteiger partial charge on any atom is -0.396 e. The van der Waals surface area contributed by atoms with E-state index >= 15 is 0 Å². The van der Waals surface area contributed by atoms with Crippen molar-refractivity contribution in [3.05, 3.63) is 23.2 Å². The summed E-state index contributed by atoms with van der Waals surface area (Å²) in [6, 6.07) is 3.46. The number of alkyl halides is 2. The molecule has 0 bridgehead atoms. The number of thiophene rings is 1. The van der Waals surface area contributed by atoms with Crippen LogP contribution in [-0.4, -0.2) is 47.0 Å². The summed E-state index contributed by atoms with van der Waals surface area (Å²) in [5.41, 5.74) is 6.53. The second-order valence-electron chi connectivity index (χ2n) is 4.06. The molecule has 0 aliphatic heterocycles. The monoisotopic (exact) mass is 301 g/mol. The third kappa shape index (κ3) is 2.86. The van der Waals surface area contributed by atoms with Crippen molar-refractivity contribution >= 4 is 33.1 Å². The van der Waals surface area contributed by atoms with E-state index in [0.29, 0.717) is 10.2 Å². The first-order valence-corrected chi connectivity index (χ1v) is 6.67. The number of nitrogens with two attached hydrogens (primary N) is 1. The Morgan fingerprint density at radius 3 is 2.90 bits per heavy atom. The zero-order valence-electron chi connectivity index (χ0n) is 10.4. The Hall–Kier alpha value is -1.80. The number of halogens is 2. The number of fused-ring (bicyclic) bond motifs is 1. The number of pyridine rings is 1. The summed E-state index contributed by atoms with van der Waals surface area (Å²) in [7, 11) is 0. The highest BCUT2D eigenvalue weighted by molar-refractivity contribution is 7.21. The lowest BCUT2D eigenvalue weighted by Gasteiger charge is -2.20. The van der Waals surface area contributed by atoms with E-state index in [2.05, 4.69) is 4.98 Å². The number of hydrogen-bond acceptors (Lipinski definition) is 5. The van der Waals surface area contributed by atoms with E-state index in [9.17, 15) is 13.6 Å². The summed E-state index contributed by atoms with van der Waals surface area (Å²) in [5, 5.41) is 8.88. The highest BCUT2D eigenvalue weighted by Crippen LogP contribution is 2.32. The summed E-state index contributed by atoms with van der Waals surface area (Å²) in [4.78, 5) is 17.4. The van der Waals surface area contributed by atoms with Gasteiger partial charge in [0.25, 0.3) is 12.3 Å². The first-order valence-electron chi connectivity index (χ1n) is 5.86. The fraction of sp³-hybridized carbons (Fsp3) is 0.333. The largest absolute Gasteiger partial charge is 0.396 e. The molecule has 8 heteroatoms. The summed E-state index contributed by atoms with van der Waals surface area (Å²) in [5.74, 6) is -0.611. The molecule has 1 amide bonds. The quantitative estimate of drug-likeness (QED) is 0.878. The van der Waals surface area contributed by atoms with Crippen LogP contribution in [0, 0.1) is 0 Å². The van der Waals surface area contributed by atoms with E-state index in [1.165, 1.54) is 0 Å². The summed E-state index contributed by atoms with van der Waals surface area (Å²) >= 11 is 1.11. The zero-order valence-corrected chi connectivity index (χ0v) is 11.2. The molecule has 0 unspecified atom stereocenters. The van der Waals surface area contributed by atoms with Crippen molar-refractivity contribution in [3.63, 3.8) is 0 Å². The van der Waals surface area contributed by atoms with Crippen LogP contribution in [0.25, 0.3) is 10.2 Å². The topological polar surface area (TPSA) is 79.5 Å². The maximum absolute atomic E-state index is 12.5. The maximum Gasteiger partial charge on any atom is 0.266 e. The minimum atomic E-state index is -2.67. The highest BCUT2D eigenvalue weighted by atomic mass is 32.1. The minimum absolute atomic E-state index is 0.162. The van der Waals surface area contributed by atoms with Gasteiger partial charge in [0.1, 0.15) is 10.4 Å². The number of carbonyl (C=O) groups excluding carboxylic acids is 1. The molecule has 0 radical (unpaired) electrons. The van der Waals surface area contributed by atoms with Gasteiger partial charge in [0, 0.05) is 12.7 Å². The lowest BCUT2D eigenvalue weighted by Crippen LogP contribution is -2.37. The number of aliphatic hydroxyl groups is 1. The molecule has 0 saturated heterocycles. The third-order valence-corrected chi connectivity index (χ3v) is 3.84. The first-order chi connectivity index (χ1) is 9.54. The van der Waals surface area contributed by atoms with Crippen molar-refractivity contribution < 1.29 is 18.7 Å². The van der Waals surface area contributed by atoms with Gasteiger partial charge in [0.05, 0.1) is 23.5 Å². The first kappa shape index (κ1) is 14.6. The van der Waals surface area contributed by atoms with E-state index in [-0.39, 0.29) is 23.7 Å². The van der Waals surface area contributed by atoms with Crippen LogP contribution in [0.5, 0.6) is 0 Å².